The number of anilines is 2. The first-order valence-corrected chi connectivity index (χ1v) is 8.08. The van der Waals surface area contributed by atoms with Gasteiger partial charge in [0, 0.05) is 24.3 Å². The molecule has 0 radical (unpaired) electrons. The van der Waals surface area contributed by atoms with Crippen LogP contribution in [0.4, 0.5) is 11.4 Å². The lowest BCUT2D eigenvalue weighted by Crippen LogP contribution is -2.31. The highest BCUT2D eigenvalue weighted by Gasteiger charge is 2.34. The van der Waals surface area contributed by atoms with E-state index in [2.05, 4.69) is 5.32 Å². The molecular formula is C19H19N3O3. The van der Waals surface area contributed by atoms with E-state index in [0.29, 0.717) is 28.9 Å². The summed E-state index contributed by atoms with van der Waals surface area (Å²) < 4.78 is 0. The van der Waals surface area contributed by atoms with Gasteiger partial charge >= 0.3 is 0 Å². The van der Waals surface area contributed by atoms with Gasteiger partial charge in [0.2, 0.25) is 5.91 Å². The van der Waals surface area contributed by atoms with Crippen molar-refractivity contribution in [2.75, 3.05) is 17.6 Å². The van der Waals surface area contributed by atoms with Crippen LogP contribution in [0.25, 0.3) is 0 Å². The second-order valence-electron chi connectivity index (χ2n) is 6.03. The molecular weight excluding hydrogens is 318 g/mol. The molecule has 0 spiro atoms. The lowest BCUT2D eigenvalue weighted by molar-refractivity contribution is -0.116. The van der Waals surface area contributed by atoms with Crippen molar-refractivity contribution < 1.29 is 14.4 Å². The third-order valence-electron chi connectivity index (χ3n) is 4.20. The number of hydrogen-bond acceptors (Lipinski definition) is 4. The molecule has 0 bridgehead atoms. The number of fused-ring (bicyclic) bond motifs is 1. The zero-order chi connectivity index (χ0) is 18.0. The zero-order valence-electron chi connectivity index (χ0n) is 13.9. The molecule has 1 aliphatic heterocycles. The lowest BCUT2D eigenvalue weighted by atomic mass is 10.1. The Morgan fingerprint density at radius 1 is 1.08 bits per heavy atom. The van der Waals surface area contributed by atoms with Crippen molar-refractivity contribution >= 4 is 29.1 Å². The molecule has 0 saturated heterocycles. The molecule has 0 aliphatic carbocycles. The van der Waals surface area contributed by atoms with Gasteiger partial charge in [0.1, 0.15) is 0 Å². The minimum absolute atomic E-state index is 0.176. The molecule has 0 aromatic heterocycles. The fourth-order valence-electron chi connectivity index (χ4n) is 2.83. The van der Waals surface area contributed by atoms with Gasteiger partial charge in [0.05, 0.1) is 11.1 Å². The molecule has 6 nitrogen and oxygen atoms in total. The van der Waals surface area contributed by atoms with E-state index in [1.54, 1.807) is 36.4 Å². The van der Waals surface area contributed by atoms with Gasteiger partial charge < -0.3 is 11.1 Å². The van der Waals surface area contributed by atoms with Crippen molar-refractivity contribution in [2.45, 2.75) is 19.8 Å². The van der Waals surface area contributed by atoms with Gasteiger partial charge in [0.25, 0.3) is 11.8 Å². The molecule has 0 fully saturated rings. The van der Waals surface area contributed by atoms with Crippen molar-refractivity contribution in [2.24, 2.45) is 0 Å². The van der Waals surface area contributed by atoms with E-state index >= 15 is 0 Å². The highest BCUT2D eigenvalue weighted by molar-refractivity contribution is 6.21. The fourth-order valence-corrected chi connectivity index (χ4v) is 2.83. The molecule has 0 unspecified atom stereocenters. The van der Waals surface area contributed by atoms with Crippen LogP contribution >= 0.6 is 0 Å². The Bertz CT molecular complexity index is 826. The first-order valence-electron chi connectivity index (χ1n) is 8.08. The molecule has 1 aliphatic rings. The summed E-state index contributed by atoms with van der Waals surface area (Å²) in [5.74, 6) is -0.773. The molecule has 3 amide bonds. The highest BCUT2D eigenvalue weighted by atomic mass is 16.2. The average Bonchev–Trinajstić information content (AvgIpc) is 2.83. The summed E-state index contributed by atoms with van der Waals surface area (Å²) in [6.45, 7) is 2.10. The minimum Gasteiger partial charge on any atom is -0.399 e. The standard InChI is InChI=1S/C19H19N3O3/c1-12-8-9-13(20)11-16(12)21-17(23)7-4-10-22-18(24)14-5-2-3-6-15(14)19(22)25/h2-3,5-6,8-9,11H,4,7,10,20H2,1H3,(H,21,23). The summed E-state index contributed by atoms with van der Waals surface area (Å²) in [4.78, 5) is 37.8. The fraction of sp³-hybridized carbons (Fsp3) is 0.211. The van der Waals surface area contributed by atoms with E-state index in [0.717, 1.165) is 5.56 Å². The number of imide groups is 1. The molecule has 3 rings (SSSR count). The molecule has 6 heteroatoms. The number of carbonyl (C=O) groups is 3. The van der Waals surface area contributed by atoms with Gasteiger partial charge in [-0.25, -0.2) is 0 Å². The summed E-state index contributed by atoms with van der Waals surface area (Å²) in [5, 5.41) is 2.81. The Balaban J connectivity index is 1.55. The topological polar surface area (TPSA) is 92.5 Å². The van der Waals surface area contributed by atoms with Crippen LogP contribution in [0.3, 0.4) is 0 Å². The molecule has 0 saturated carbocycles. The molecule has 128 valence electrons. The van der Waals surface area contributed by atoms with Gasteiger partial charge in [-0.05, 0) is 43.2 Å². The predicted molar refractivity (Wildman–Crippen MR) is 95.3 cm³/mol. The Morgan fingerprint density at radius 2 is 1.72 bits per heavy atom. The van der Waals surface area contributed by atoms with Crippen LogP contribution in [-0.2, 0) is 4.79 Å². The number of benzene rings is 2. The van der Waals surface area contributed by atoms with Crippen LogP contribution in [0.2, 0.25) is 0 Å². The largest absolute Gasteiger partial charge is 0.399 e. The van der Waals surface area contributed by atoms with Crippen LogP contribution in [0.5, 0.6) is 0 Å². The smallest absolute Gasteiger partial charge is 0.261 e. The Morgan fingerprint density at radius 3 is 2.36 bits per heavy atom. The molecule has 25 heavy (non-hydrogen) atoms. The number of amides is 3. The highest BCUT2D eigenvalue weighted by Crippen LogP contribution is 2.23. The summed E-state index contributed by atoms with van der Waals surface area (Å²) in [5.41, 5.74) is 8.74. The zero-order valence-corrected chi connectivity index (χ0v) is 13.9. The van der Waals surface area contributed by atoms with Gasteiger partial charge in [-0.1, -0.05) is 18.2 Å². The molecule has 1 heterocycles. The maximum Gasteiger partial charge on any atom is 0.261 e. The van der Waals surface area contributed by atoms with Crippen LogP contribution < -0.4 is 11.1 Å². The maximum atomic E-state index is 12.2. The van der Waals surface area contributed by atoms with E-state index in [1.807, 2.05) is 13.0 Å². The predicted octanol–water partition coefficient (Wildman–Crippen LogP) is 2.59. The van der Waals surface area contributed by atoms with Gasteiger partial charge in [0.15, 0.2) is 0 Å². The van der Waals surface area contributed by atoms with Crippen LogP contribution in [0.1, 0.15) is 39.1 Å². The Hall–Kier alpha value is -3.15. The van der Waals surface area contributed by atoms with Gasteiger partial charge in [-0.3, -0.25) is 19.3 Å². The van der Waals surface area contributed by atoms with Crippen molar-refractivity contribution in [1.82, 2.24) is 4.90 Å². The van der Waals surface area contributed by atoms with E-state index < -0.39 is 0 Å². The van der Waals surface area contributed by atoms with E-state index in [9.17, 15) is 14.4 Å². The second kappa shape index (κ2) is 6.76. The summed E-state index contributed by atoms with van der Waals surface area (Å²) >= 11 is 0. The molecule has 2 aromatic rings. The summed E-state index contributed by atoms with van der Waals surface area (Å²) in [7, 11) is 0. The number of aryl methyl sites for hydroxylation is 1. The number of carbonyl (C=O) groups excluding carboxylic acids is 3. The van der Waals surface area contributed by atoms with Crippen molar-refractivity contribution in [3.05, 3.63) is 59.2 Å². The SMILES string of the molecule is Cc1ccc(N)cc1NC(=O)CCCN1C(=O)c2ccccc2C1=O. The number of rotatable bonds is 5. The lowest BCUT2D eigenvalue weighted by Gasteiger charge is -2.14. The van der Waals surface area contributed by atoms with E-state index in [1.165, 1.54) is 4.90 Å². The number of hydrogen-bond donors (Lipinski definition) is 2. The monoisotopic (exact) mass is 337 g/mol. The van der Waals surface area contributed by atoms with Crippen LogP contribution in [0.15, 0.2) is 42.5 Å². The second-order valence-corrected chi connectivity index (χ2v) is 6.03. The van der Waals surface area contributed by atoms with Gasteiger partial charge in [-0.15, -0.1) is 0 Å². The normalized spacial score (nSPS) is 13.1. The van der Waals surface area contributed by atoms with Crippen LogP contribution in [-0.4, -0.2) is 29.2 Å². The Labute approximate surface area is 145 Å². The van der Waals surface area contributed by atoms with Crippen molar-refractivity contribution in [3.63, 3.8) is 0 Å². The molecule has 2 aromatic carbocycles. The first kappa shape index (κ1) is 16.7. The average molecular weight is 337 g/mol. The number of nitrogens with one attached hydrogen (secondary N) is 1. The van der Waals surface area contributed by atoms with E-state index in [-0.39, 0.29) is 30.7 Å². The number of nitrogen functional groups attached to an aromatic ring is 1. The van der Waals surface area contributed by atoms with Crippen molar-refractivity contribution in [3.8, 4) is 0 Å². The van der Waals surface area contributed by atoms with Crippen LogP contribution in [0, 0.1) is 6.92 Å². The first-order chi connectivity index (χ1) is 12.0. The quantitative estimate of drug-likeness (QED) is 0.648. The summed E-state index contributed by atoms with van der Waals surface area (Å²) in [6.07, 6.45) is 0.611. The number of nitrogens with zero attached hydrogens (tertiary/aromatic N) is 1. The minimum atomic E-state index is -0.298. The van der Waals surface area contributed by atoms with Gasteiger partial charge in [-0.2, -0.15) is 0 Å². The summed E-state index contributed by atoms with van der Waals surface area (Å²) in [6, 6.07) is 12.1. The van der Waals surface area contributed by atoms with Crippen molar-refractivity contribution in [1.29, 1.82) is 0 Å². The Kier molecular flexibility index (Phi) is 4.52. The molecule has 3 N–H and O–H groups in total. The molecule has 0 atom stereocenters. The third-order valence-corrected chi connectivity index (χ3v) is 4.20. The van der Waals surface area contributed by atoms with E-state index in [4.69, 9.17) is 5.73 Å². The third kappa shape index (κ3) is 3.38. The maximum absolute atomic E-state index is 12.2. The number of nitrogens with two attached hydrogens (primary N) is 1.